The van der Waals surface area contributed by atoms with Crippen molar-refractivity contribution in [3.05, 3.63) is 32.4 Å². The van der Waals surface area contributed by atoms with Crippen LogP contribution in [-0.4, -0.2) is 43.6 Å². The predicted molar refractivity (Wildman–Crippen MR) is 70.2 cm³/mol. The van der Waals surface area contributed by atoms with Crippen LogP contribution in [0.5, 0.6) is 0 Å². The topological polar surface area (TPSA) is 136 Å². The van der Waals surface area contributed by atoms with E-state index in [0.29, 0.717) is 0 Å². The van der Waals surface area contributed by atoms with Crippen LogP contribution < -0.4 is 5.43 Å². The number of nitro benzene ring substituents is 2. The lowest BCUT2D eigenvalue weighted by molar-refractivity contribution is -0.392. The van der Waals surface area contributed by atoms with Crippen molar-refractivity contribution >= 4 is 26.9 Å². The lowest BCUT2D eigenvalue weighted by Gasteiger charge is -2.14. The summed E-state index contributed by atoms with van der Waals surface area (Å²) in [4.78, 5) is 19.7. The number of benzene rings is 1. The van der Waals surface area contributed by atoms with Gasteiger partial charge in [0, 0.05) is 32.5 Å². The third-order valence-electron chi connectivity index (χ3n) is 2.23. The summed E-state index contributed by atoms with van der Waals surface area (Å²) in [6.07, 6.45) is 0.814. The fourth-order valence-electron chi connectivity index (χ4n) is 1.43. The fraction of sp³-hybridized carbons (Fsp3) is 0.333. The van der Waals surface area contributed by atoms with Gasteiger partial charge in [-0.1, -0.05) is 0 Å². The zero-order valence-electron chi connectivity index (χ0n) is 10.9. The van der Waals surface area contributed by atoms with Crippen molar-refractivity contribution in [2.45, 2.75) is 4.90 Å². The van der Waals surface area contributed by atoms with E-state index < -0.39 is 36.0 Å². The molecule has 0 aromatic heterocycles. The van der Waals surface area contributed by atoms with Crippen LogP contribution in [0.4, 0.5) is 17.1 Å². The van der Waals surface area contributed by atoms with Gasteiger partial charge in [0.15, 0.2) is 9.84 Å². The maximum absolute atomic E-state index is 11.4. The molecule has 0 aliphatic rings. The minimum absolute atomic E-state index is 0.377. The molecule has 1 aromatic carbocycles. The van der Waals surface area contributed by atoms with Gasteiger partial charge in [0.1, 0.15) is 0 Å². The number of hydrazine groups is 1. The van der Waals surface area contributed by atoms with E-state index >= 15 is 0 Å². The third-order valence-corrected chi connectivity index (χ3v) is 3.32. The molecule has 0 aliphatic carbocycles. The highest BCUT2D eigenvalue weighted by atomic mass is 32.2. The zero-order chi connectivity index (χ0) is 15.7. The molecule has 1 N–H and O–H groups in total. The van der Waals surface area contributed by atoms with Gasteiger partial charge in [-0.2, -0.15) is 0 Å². The molecule has 110 valence electrons. The van der Waals surface area contributed by atoms with Gasteiger partial charge in [-0.3, -0.25) is 20.2 Å². The molecule has 0 aliphatic heterocycles. The molecule has 11 heteroatoms. The standard InChI is InChI=1S/C9H12N4O6S/c1-11(2)10-9-7(12(14)15)4-6(20(3,18)19)5-8(9)13(16)17/h4-5,10H,1-3H3. The molecule has 0 fully saturated rings. The second kappa shape index (κ2) is 5.38. The largest absolute Gasteiger partial charge is 0.308 e. The Balaban J connectivity index is 3.72. The van der Waals surface area contributed by atoms with Gasteiger partial charge in [0.2, 0.25) is 5.69 Å². The summed E-state index contributed by atoms with van der Waals surface area (Å²) in [7, 11) is -0.842. The third kappa shape index (κ3) is 3.39. The van der Waals surface area contributed by atoms with Crippen LogP contribution >= 0.6 is 0 Å². The van der Waals surface area contributed by atoms with Crippen LogP contribution in [0.15, 0.2) is 17.0 Å². The Bertz CT molecular complexity index is 634. The van der Waals surface area contributed by atoms with Crippen LogP contribution in [0.25, 0.3) is 0 Å². The molecule has 0 atom stereocenters. The quantitative estimate of drug-likeness (QED) is 0.623. The van der Waals surface area contributed by atoms with Gasteiger partial charge >= 0.3 is 11.4 Å². The van der Waals surface area contributed by atoms with E-state index in [1.165, 1.54) is 19.1 Å². The van der Waals surface area contributed by atoms with Crippen molar-refractivity contribution in [3.8, 4) is 0 Å². The number of hydrogen-bond acceptors (Lipinski definition) is 8. The van der Waals surface area contributed by atoms with Crippen molar-refractivity contribution in [3.63, 3.8) is 0 Å². The number of sulfone groups is 1. The van der Waals surface area contributed by atoms with Crippen LogP contribution in [0.1, 0.15) is 0 Å². The molecular formula is C9H12N4O6S. The van der Waals surface area contributed by atoms with Crippen LogP contribution in [0.3, 0.4) is 0 Å². The molecule has 0 bridgehead atoms. The average Bonchev–Trinajstić information content (AvgIpc) is 2.25. The van der Waals surface area contributed by atoms with E-state index in [9.17, 15) is 28.6 Å². The minimum atomic E-state index is -3.81. The Hall–Kier alpha value is -2.27. The van der Waals surface area contributed by atoms with Crippen LogP contribution in [-0.2, 0) is 9.84 Å². The Morgan fingerprint density at radius 3 is 1.75 bits per heavy atom. The van der Waals surface area contributed by atoms with Crippen molar-refractivity contribution < 1.29 is 18.3 Å². The van der Waals surface area contributed by atoms with Gasteiger partial charge in [-0.05, 0) is 0 Å². The molecule has 20 heavy (non-hydrogen) atoms. The summed E-state index contributed by atoms with van der Waals surface area (Å²) in [5, 5.41) is 23.2. The second-order valence-corrected chi connectivity index (χ2v) is 6.14. The molecule has 1 rings (SSSR count). The van der Waals surface area contributed by atoms with E-state index in [4.69, 9.17) is 0 Å². The first-order valence-electron chi connectivity index (χ1n) is 5.15. The Labute approximate surface area is 114 Å². The van der Waals surface area contributed by atoms with E-state index in [0.717, 1.165) is 18.4 Å². The summed E-state index contributed by atoms with van der Waals surface area (Å²) < 4.78 is 22.9. The van der Waals surface area contributed by atoms with Crippen molar-refractivity contribution in [2.24, 2.45) is 0 Å². The molecule has 0 amide bonds. The van der Waals surface area contributed by atoms with Crippen molar-refractivity contribution in [2.75, 3.05) is 25.8 Å². The van der Waals surface area contributed by atoms with E-state index in [1.807, 2.05) is 0 Å². The first kappa shape index (κ1) is 15.8. The molecule has 10 nitrogen and oxygen atoms in total. The first-order chi connectivity index (χ1) is 9.04. The number of anilines is 1. The SMILES string of the molecule is CN(C)Nc1c([N+](=O)[O-])cc(S(C)(=O)=O)cc1[N+](=O)[O-]. The molecular weight excluding hydrogens is 292 g/mol. The number of rotatable bonds is 5. The first-order valence-corrected chi connectivity index (χ1v) is 7.04. The van der Waals surface area contributed by atoms with Gasteiger partial charge in [0.25, 0.3) is 0 Å². The molecule has 0 heterocycles. The Morgan fingerprint density at radius 1 is 1.10 bits per heavy atom. The molecule has 0 unspecified atom stereocenters. The van der Waals surface area contributed by atoms with Crippen LogP contribution in [0.2, 0.25) is 0 Å². The Kier molecular flexibility index (Phi) is 4.25. The number of nitrogens with zero attached hydrogens (tertiary/aromatic N) is 3. The van der Waals surface area contributed by atoms with Gasteiger partial charge in [0.05, 0.1) is 14.7 Å². The smallest absolute Gasteiger partial charge is 0.302 e. The molecule has 0 spiro atoms. The monoisotopic (exact) mass is 304 g/mol. The van der Waals surface area contributed by atoms with Gasteiger partial charge in [-0.25, -0.2) is 13.4 Å². The van der Waals surface area contributed by atoms with Gasteiger partial charge in [-0.15, -0.1) is 0 Å². The van der Waals surface area contributed by atoms with Crippen LogP contribution in [0, 0.1) is 20.2 Å². The predicted octanol–water partition coefficient (Wildman–Crippen LogP) is 0.795. The highest BCUT2D eigenvalue weighted by Crippen LogP contribution is 2.37. The molecule has 0 saturated carbocycles. The van der Waals surface area contributed by atoms with Crippen molar-refractivity contribution in [1.29, 1.82) is 0 Å². The molecule has 0 radical (unpaired) electrons. The average molecular weight is 304 g/mol. The lowest BCUT2D eigenvalue weighted by Crippen LogP contribution is -2.21. The van der Waals surface area contributed by atoms with Gasteiger partial charge < -0.3 is 5.43 Å². The second-order valence-electron chi connectivity index (χ2n) is 4.13. The molecule has 1 aromatic rings. The number of hydrogen-bond donors (Lipinski definition) is 1. The minimum Gasteiger partial charge on any atom is -0.308 e. The summed E-state index contributed by atoms with van der Waals surface area (Å²) in [6.45, 7) is 0. The van der Waals surface area contributed by atoms with E-state index in [2.05, 4.69) is 5.43 Å². The normalized spacial score (nSPS) is 11.4. The summed E-state index contributed by atoms with van der Waals surface area (Å²) in [6, 6.07) is 1.57. The lowest BCUT2D eigenvalue weighted by atomic mass is 10.2. The summed E-state index contributed by atoms with van der Waals surface area (Å²) in [5.41, 5.74) is 0.688. The highest BCUT2D eigenvalue weighted by molar-refractivity contribution is 7.90. The summed E-state index contributed by atoms with van der Waals surface area (Å²) >= 11 is 0. The maximum Gasteiger partial charge on any atom is 0.302 e. The number of nitro groups is 2. The van der Waals surface area contributed by atoms with Crippen molar-refractivity contribution in [1.82, 2.24) is 5.01 Å². The fourth-order valence-corrected chi connectivity index (χ4v) is 2.08. The zero-order valence-corrected chi connectivity index (χ0v) is 11.7. The van der Waals surface area contributed by atoms with E-state index in [1.54, 1.807) is 0 Å². The highest BCUT2D eigenvalue weighted by Gasteiger charge is 2.29. The number of nitrogens with one attached hydrogen (secondary N) is 1. The molecule has 0 saturated heterocycles. The van der Waals surface area contributed by atoms with E-state index in [-0.39, 0.29) is 5.69 Å². The Morgan fingerprint density at radius 2 is 1.50 bits per heavy atom. The summed E-state index contributed by atoms with van der Waals surface area (Å²) in [5.74, 6) is 0. The maximum atomic E-state index is 11.4.